The summed E-state index contributed by atoms with van der Waals surface area (Å²) in [5.41, 5.74) is 2.48. The molecule has 4 heteroatoms. The minimum atomic E-state index is 0.232. The Morgan fingerprint density at radius 2 is 1.48 bits per heavy atom. The van der Waals surface area contributed by atoms with Crippen LogP contribution in [0.4, 0.5) is 0 Å². The van der Waals surface area contributed by atoms with Crippen molar-refractivity contribution in [3.63, 3.8) is 0 Å². The van der Waals surface area contributed by atoms with Crippen LogP contribution in [0, 0.1) is 0 Å². The number of nitrogens with zero attached hydrogens (tertiary/aromatic N) is 2. The molecule has 3 rings (SSSR count). The van der Waals surface area contributed by atoms with Gasteiger partial charge in [-0.1, -0.05) is 60.7 Å². The largest absolute Gasteiger partial charge is 0.340 e. The van der Waals surface area contributed by atoms with Gasteiger partial charge in [0.2, 0.25) is 5.91 Å². The second-order valence-electron chi connectivity index (χ2n) is 6.60. The molecule has 132 valence electrons. The monoisotopic (exact) mass is 337 g/mol. The van der Waals surface area contributed by atoms with Crippen molar-refractivity contribution in [2.75, 3.05) is 32.7 Å². The van der Waals surface area contributed by atoms with Crippen molar-refractivity contribution in [2.45, 2.75) is 19.5 Å². The van der Waals surface area contributed by atoms with E-state index in [0.29, 0.717) is 6.54 Å². The first-order chi connectivity index (χ1) is 12.3. The van der Waals surface area contributed by atoms with Crippen molar-refractivity contribution in [3.8, 4) is 0 Å². The van der Waals surface area contributed by atoms with Gasteiger partial charge >= 0.3 is 0 Å². The van der Waals surface area contributed by atoms with E-state index in [0.717, 1.165) is 45.7 Å². The number of carbonyl (C=O) groups excluding carboxylic acids is 1. The lowest BCUT2D eigenvalue weighted by Gasteiger charge is -2.26. The predicted octanol–water partition coefficient (Wildman–Crippen LogP) is 2.51. The van der Waals surface area contributed by atoms with Gasteiger partial charge in [-0.15, -0.1) is 0 Å². The Bertz CT molecular complexity index is 595. The van der Waals surface area contributed by atoms with Gasteiger partial charge in [0, 0.05) is 32.7 Å². The summed E-state index contributed by atoms with van der Waals surface area (Å²) in [5, 5.41) is 3.36. The lowest BCUT2D eigenvalue weighted by molar-refractivity contribution is -0.132. The molecule has 1 heterocycles. The maximum absolute atomic E-state index is 12.8. The van der Waals surface area contributed by atoms with E-state index in [-0.39, 0.29) is 5.91 Å². The molecule has 1 fully saturated rings. The van der Waals surface area contributed by atoms with Gasteiger partial charge in [0.1, 0.15) is 0 Å². The zero-order chi connectivity index (χ0) is 17.3. The fourth-order valence-electron chi connectivity index (χ4n) is 3.24. The zero-order valence-electron chi connectivity index (χ0n) is 14.7. The number of rotatable bonds is 6. The molecule has 25 heavy (non-hydrogen) atoms. The molecule has 0 atom stereocenters. The number of hydrogen-bond acceptors (Lipinski definition) is 3. The van der Waals surface area contributed by atoms with Gasteiger partial charge in [-0.05, 0) is 24.1 Å². The summed E-state index contributed by atoms with van der Waals surface area (Å²) in [6, 6.07) is 20.8. The van der Waals surface area contributed by atoms with Crippen molar-refractivity contribution >= 4 is 5.91 Å². The van der Waals surface area contributed by atoms with Crippen molar-refractivity contribution < 1.29 is 4.79 Å². The molecule has 0 bridgehead atoms. The van der Waals surface area contributed by atoms with Gasteiger partial charge < -0.3 is 10.2 Å². The first-order valence-corrected chi connectivity index (χ1v) is 9.10. The van der Waals surface area contributed by atoms with Crippen LogP contribution < -0.4 is 5.32 Å². The normalized spacial score (nSPS) is 15.2. The summed E-state index contributed by atoms with van der Waals surface area (Å²) in [7, 11) is 0. The van der Waals surface area contributed by atoms with Crippen LogP contribution in [0.2, 0.25) is 0 Å². The molecule has 1 aliphatic rings. The van der Waals surface area contributed by atoms with E-state index in [4.69, 9.17) is 0 Å². The maximum atomic E-state index is 12.8. The van der Waals surface area contributed by atoms with Gasteiger partial charge in [-0.25, -0.2) is 0 Å². The van der Waals surface area contributed by atoms with E-state index < -0.39 is 0 Å². The molecule has 2 aromatic rings. The number of carbonyl (C=O) groups is 1. The van der Waals surface area contributed by atoms with Crippen molar-refractivity contribution in [1.29, 1.82) is 0 Å². The van der Waals surface area contributed by atoms with Crippen LogP contribution in [0.25, 0.3) is 0 Å². The molecule has 0 aliphatic carbocycles. The number of benzene rings is 2. The minimum Gasteiger partial charge on any atom is -0.340 e. The predicted molar refractivity (Wildman–Crippen MR) is 101 cm³/mol. The van der Waals surface area contributed by atoms with Crippen LogP contribution in [0.5, 0.6) is 0 Å². The van der Waals surface area contributed by atoms with Crippen LogP contribution in [0.1, 0.15) is 17.5 Å². The van der Waals surface area contributed by atoms with Crippen LogP contribution in [0.3, 0.4) is 0 Å². The molecular weight excluding hydrogens is 310 g/mol. The summed E-state index contributed by atoms with van der Waals surface area (Å²) in [6.07, 6.45) is 1.03. The Kier molecular flexibility index (Phi) is 6.60. The van der Waals surface area contributed by atoms with Gasteiger partial charge in [-0.2, -0.15) is 0 Å². The summed E-state index contributed by atoms with van der Waals surface area (Å²) in [5.74, 6) is 0.232. The smallest absolute Gasteiger partial charge is 0.236 e. The van der Waals surface area contributed by atoms with Gasteiger partial charge in [0.05, 0.1) is 6.54 Å². The molecule has 0 unspecified atom stereocenters. The highest BCUT2D eigenvalue weighted by Crippen LogP contribution is 2.11. The standard InChI is InChI=1S/C21H27N3O/c25-21(24-14-7-12-22-13-15-24)18-23(16-19-8-3-1-4-9-19)17-20-10-5-2-6-11-20/h1-6,8-11,22H,7,12-18H2. The first kappa shape index (κ1) is 17.6. The molecule has 4 nitrogen and oxygen atoms in total. The molecule has 1 aliphatic heterocycles. The molecule has 0 spiro atoms. The average Bonchev–Trinajstić information content (AvgIpc) is 2.93. The van der Waals surface area contributed by atoms with E-state index in [1.165, 1.54) is 11.1 Å². The zero-order valence-corrected chi connectivity index (χ0v) is 14.7. The van der Waals surface area contributed by atoms with Gasteiger partial charge in [0.25, 0.3) is 0 Å². The highest BCUT2D eigenvalue weighted by molar-refractivity contribution is 5.78. The quantitative estimate of drug-likeness (QED) is 0.880. The topological polar surface area (TPSA) is 35.6 Å². The van der Waals surface area contributed by atoms with E-state index >= 15 is 0 Å². The van der Waals surface area contributed by atoms with Gasteiger partial charge in [0.15, 0.2) is 0 Å². The van der Waals surface area contributed by atoms with Gasteiger partial charge in [-0.3, -0.25) is 9.69 Å². The third-order valence-corrected chi connectivity index (χ3v) is 4.55. The molecular formula is C21H27N3O. The summed E-state index contributed by atoms with van der Waals surface area (Å²) < 4.78 is 0. The SMILES string of the molecule is O=C(CN(Cc1ccccc1)Cc1ccccc1)N1CCCNCC1. The fourth-order valence-corrected chi connectivity index (χ4v) is 3.24. The first-order valence-electron chi connectivity index (χ1n) is 9.10. The summed E-state index contributed by atoms with van der Waals surface area (Å²) in [4.78, 5) is 17.0. The number of nitrogens with one attached hydrogen (secondary N) is 1. The van der Waals surface area contributed by atoms with E-state index in [1.54, 1.807) is 0 Å². The Morgan fingerprint density at radius 1 is 0.880 bits per heavy atom. The number of hydrogen-bond donors (Lipinski definition) is 1. The molecule has 0 aromatic heterocycles. The maximum Gasteiger partial charge on any atom is 0.236 e. The molecule has 2 aromatic carbocycles. The second kappa shape index (κ2) is 9.35. The molecule has 1 saturated heterocycles. The minimum absolute atomic E-state index is 0.232. The molecule has 1 N–H and O–H groups in total. The Morgan fingerprint density at radius 3 is 2.08 bits per heavy atom. The second-order valence-corrected chi connectivity index (χ2v) is 6.60. The fraction of sp³-hybridized carbons (Fsp3) is 0.381. The summed E-state index contributed by atoms with van der Waals surface area (Å²) >= 11 is 0. The van der Waals surface area contributed by atoms with Crippen molar-refractivity contribution in [1.82, 2.24) is 15.1 Å². The van der Waals surface area contributed by atoms with Crippen LogP contribution in [-0.4, -0.2) is 48.4 Å². The Labute approximate surface area is 150 Å². The molecule has 0 radical (unpaired) electrons. The number of amides is 1. The van der Waals surface area contributed by atoms with Crippen molar-refractivity contribution in [2.24, 2.45) is 0 Å². The van der Waals surface area contributed by atoms with E-state index in [9.17, 15) is 4.79 Å². The van der Waals surface area contributed by atoms with Crippen LogP contribution >= 0.6 is 0 Å². The molecule has 1 amide bonds. The van der Waals surface area contributed by atoms with E-state index in [1.807, 2.05) is 17.0 Å². The van der Waals surface area contributed by atoms with Crippen LogP contribution in [0.15, 0.2) is 60.7 Å². The highest BCUT2D eigenvalue weighted by atomic mass is 16.2. The average molecular weight is 337 g/mol. The molecule has 0 saturated carbocycles. The Balaban J connectivity index is 1.67. The Hall–Kier alpha value is -2.17. The van der Waals surface area contributed by atoms with Crippen LogP contribution in [-0.2, 0) is 17.9 Å². The van der Waals surface area contributed by atoms with Crippen molar-refractivity contribution in [3.05, 3.63) is 71.8 Å². The summed E-state index contributed by atoms with van der Waals surface area (Å²) in [6.45, 7) is 5.59. The van der Waals surface area contributed by atoms with E-state index in [2.05, 4.69) is 58.7 Å². The lowest BCUT2D eigenvalue weighted by Crippen LogP contribution is -2.41. The highest BCUT2D eigenvalue weighted by Gasteiger charge is 2.19. The third-order valence-electron chi connectivity index (χ3n) is 4.55. The third kappa shape index (κ3) is 5.69. The lowest BCUT2D eigenvalue weighted by atomic mass is 10.1.